The summed E-state index contributed by atoms with van der Waals surface area (Å²) in [4.78, 5) is 0. The number of halogens is 2. The monoisotopic (exact) mass is 269 g/mol. The Morgan fingerprint density at radius 1 is 1.33 bits per heavy atom. The van der Waals surface area contributed by atoms with Crippen LogP contribution in [0.1, 0.15) is 44.6 Å². The molecule has 1 aliphatic rings. The molecule has 0 spiro atoms. The lowest BCUT2D eigenvalue weighted by Gasteiger charge is -2.28. The van der Waals surface area contributed by atoms with Crippen LogP contribution in [-0.2, 0) is 6.54 Å². The van der Waals surface area contributed by atoms with E-state index in [0.29, 0.717) is 12.0 Å². The van der Waals surface area contributed by atoms with E-state index in [9.17, 15) is 4.39 Å². The number of nitrogens with one attached hydrogen (secondary N) is 1. The number of hydrogen-bond donors (Lipinski definition) is 1. The molecule has 1 aromatic carbocycles. The molecule has 0 heterocycles. The predicted molar refractivity (Wildman–Crippen MR) is 74.3 cm³/mol. The van der Waals surface area contributed by atoms with Crippen molar-refractivity contribution < 1.29 is 4.39 Å². The van der Waals surface area contributed by atoms with Gasteiger partial charge in [0.05, 0.1) is 5.02 Å². The van der Waals surface area contributed by atoms with Crippen LogP contribution in [0.25, 0.3) is 0 Å². The van der Waals surface area contributed by atoms with Crippen molar-refractivity contribution in [2.24, 2.45) is 5.41 Å². The minimum absolute atomic E-state index is 0.252. The molecule has 2 rings (SSSR count). The molecule has 3 heteroatoms. The lowest BCUT2D eigenvalue weighted by atomic mass is 9.83. The van der Waals surface area contributed by atoms with E-state index >= 15 is 0 Å². The molecule has 0 aromatic heterocycles. The van der Waals surface area contributed by atoms with Crippen molar-refractivity contribution in [3.05, 3.63) is 34.6 Å². The molecule has 0 radical (unpaired) electrons. The fourth-order valence-corrected chi connectivity index (χ4v) is 3.12. The van der Waals surface area contributed by atoms with Crippen LogP contribution in [0.3, 0.4) is 0 Å². The van der Waals surface area contributed by atoms with Crippen LogP contribution in [0.4, 0.5) is 4.39 Å². The number of rotatable bonds is 5. The molecule has 100 valence electrons. The predicted octanol–water partition coefficient (Wildman–Crippen LogP) is 4.54. The highest BCUT2D eigenvalue weighted by Crippen LogP contribution is 2.40. The molecule has 0 aliphatic heterocycles. The minimum atomic E-state index is -0.331. The fraction of sp³-hybridized carbons (Fsp3) is 0.600. The van der Waals surface area contributed by atoms with E-state index in [1.165, 1.54) is 38.2 Å². The third-order valence-corrected chi connectivity index (χ3v) is 4.68. The molecule has 1 N–H and O–H groups in total. The van der Waals surface area contributed by atoms with Gasteiger partial charge in [0.15, 0.2) is 0 Å². The van der Waals surface area contributed by atoms with E-state index in [2.05, 4.69) is 12.2 Å². The molecule has 18 heavy (non-hydrogen) atoms. The second kappa shape index (κ2) is 6.03. The third kappa shape index (κ3) is 3.04. The maximum absolute atomic E-state index is 13.3. The van der Waals surface area contributed by atoms with E-state index in [4.69, 9.17) is 11.6 Å². The smallest absolute Gasteiger partial charge is 0.142 e. The summed E-state index contributed by atoms with van der Waals surface area (Å²) in [6, 6.07) is 4.99. The van der Waals surface area contributed by atoms with E-state index in [-0.39, 0.29) is 10.8 Å². The molecule has 0 atom stereocenters. The van der Waals surface area contributed by atoms with Crippen LogP contribution in [0.15, 0.2) is 18.2 Å². The Morgan fingerprint density at radius 2 is 2.06 bits per heavy atom. The number of hydrogen-bond acceptors (Lipinski definition) is 1. The molecule has 1 nitrogen and oxygen atoms in total. The van der Waals surface area contributed by atoms with Crippen molar-refractivity contribution in [2.45, 2.75) is 45.6 Å². The van der Waals surface area contributed by atoms with Crippen molar-refractivity contribution in [3.8, 4) is 0 Å². The number of benzene rings is 1. The molecular weight excluding hydrogens is 249 g/mol. The lowest BCUT2D eigenvalue weighted by molar-refractivity contribution is 0.268. The van der Waals surface area contributed by atoms with Crippen LogP contribution < -0.4 is 5.32 Å². The van der Waals surface area contributed by atoms with Crippen LogP contribution >= 0.6 is 11.6 Å². The summed E-state index contributed by atoms with van der Waals surface area (Å²) in [5, 5.41) is 3.70. The summed E-state index contributed by atoms with van der Waals surface area (Å²) in [5.74, 6) is -0.331. The van der Waals surface area contributed by atoms with Gasteiger partial charge in [0.1, 0.15) is 5.82 Å². The van der Waals surface area contributed by atoms with Crippen LogP contribution in [0.5, 0.6) is 0 Å². The SMILES string of the molecule is CCC1(CNCc2cccc(F)c2Cl)CCCC1. The Labute approximate surface area is 114 Å². The highest BCUT2D eigenvalue weighted by Gasteiger charge is 2.31. The van der Waals surface area contributed by atoms with E-state index in [0.717, 1.165) is 12.1 Å². The van der Waals surface area contributed by atoms with Gasteiger partial charge in [-0.3, -0.25) is 0 Å². The Kier molecular flexibility index (Phi) is 4.63. The molecular formula is C15H21ClFN. The first-order valence-corrected chi connectivity index (χ1v) is 7.18. The minimum Gasteiger partial charge on any atom is -0.312 e. The van der Waals surface area contributed by atoms with E-state index < -0.39 is 0 Å². The molecule has 1 aliphatic carbocycles. The van der Waals surface area contributed by atoms with Gasteiger partial charge in [-0.05, 0) is 36.3 Å². The fourth-order valence-electron chi connectivity index (χ4n) is 2.93. The van der Waals surface area contributed by atoms with Gasteiger partial charge in [0.25, 0.3) is 0 Å². The maximum Gasteiger partial charge on any atom is 0.142 e. The average Bonchev–Trinajstić information content (AvgIpc) is 2.84. The van der Waals surface area contributed by atoms with Crippen LogP contribution in [0.2, 0.25) is 5.02 Å². The van der Waals surface area contributed by atoms with Crippen molar-refractivity contribution >= 4 is 11.6 Å². The van der Waals surface area contributed by atoms with Crippen molar-refractivity contribution in [3.63, 3.8) is 0 Å². The summed E-state index contributed by atoms with van der Waals surface area (Å²) in [5.41, 5.74) is 1.31. The quantitative estimate of drug-likeness (QED) is 0.828. The van der Waals surface area contributed by atoms with Crippen molar-refractivity contribution in [1.82, 2.24) is 5.32 Å². The van der Waals surface area contributed by atoms with Crippen LogP contribution in [-0.4, -0.2) is 6.54 Å². The van der Waals surface area contributed by atoms with E-state index in [1.807, 2.05) is 6.07 Å². The first-order chi connectivity index (χ1) is 8.67. The van der Waals surface area contributed by atoms with Gasteiger partial charge in [0, 0.05) is 13.1 Å². The normalized spacial score (nSPS) is 18.2. The molecule has 0 unspecified atom stereocenters. The zero-order valence-electron chi connectivity index (χ0n) is 10.9. The van der Waals surface area contributed by atoms with Gasteiger partial charge in [0.2, 0.25) is 0 Å². The van der Waals surface area contributed by atoms with Gasteiger partial charge < -0.3 is 5.32 Å². The highest BCUT2D eigenvalue weighted by molar-refractivity contribution is 6.31. The molecule has 0 bridgehead atoms. The summed E-state index contributed by atoms with van der Waals surface area (Å²) in [7, 11) is 0. The molecule has 0 amide bonds. The Hall–Kier alpha value is -0.600. The van der Waals surface area contributed by atoms with Crippen molar-refractivity contribution in [1.29, 1.82) is 0 Å². The highest BCUT2D eigenvalue weighted by atomic mass is 35.5. The Bertz CT molecular complexity index is 399. The Balaban J connectivity index is 1.90. The molecule has 0 saturated heterocycles. The molecule has 1 saturated carbocycles. The van der Waals surface area contributed by atoms with Gasteiger partial charge >= 0.3 is 0 Å². The molecule has 1 aromatic rings. The molecule has 1 fully saturated rings. The summed E-state index contributed by atoms with van der Waals surface area (Å²) in [6.07, 6.45) is 6.53. The standard InChI is InChI=1S/C15H21ClFN/c1-2-15(8-3-4-9-15)11-18-10-12-6-5-7-13(17)14(12)16/h5-7,18H,2-4,8-11H2,1H3. The van der Waals surface area contributed by atoms with Gasteiger partial charge in [-0.2, -0.15) is 0 Å². The van der Waals surface area contributed by atoms with Crippen LogP contribution in [0, 0.1) is 11.2 Å². The maximum atomic E-state index is 13.3. The van der Waals surface area contributed by atoms with Crippen molar-refractivity contribution in [2.75, 3.05) is 6.54 Å². The zero-order chi connectivity index (χ0) is 13.0. The van der Waals surface area contributed by atoms with Gasteiger partial charge in [-0.1, -0.05) is 43.5 Å². The summed E-state index contributed by atoms with van der Waals surface area (Å²) >= 11 is 5.94. The van der Waals surface area contributed by atoms with Gasteiger partial charge in [-0.25, -0.2) is 4.39 Å². The first-order valence-electron chi connectivity index (χ1n) is 6.80. The summed E-state index contributed by atoms with van der Waals surface area (Å²) < 4.78 is 13.3. The largest absolute Gasteiger partial charge is 0.312 e. The average molecular weight is 270 g/mol. The van der Waals surface area contributed by atoms with E-state index in [1.54, 1.807) is 6.07 Å². The van der Waals surface area contributed by atoms with Gasteiger partial charge in [-0.15, -0.1) is 0 Å². The Morgan fingerprint density at radius 3 is 2.72 bits per heavy atom. The topological polar surface area (TPSA) is 12.0 Å². The summed E-state index contributed by atoms with van der Waals surface area (Å²) in [6.45, 7) is 3.93. The lowest BCUT2D eigenvalue weighted by Crippen LogP contribution is -2.31. The second-order valence-electron chi connectivity index (χ2n) is 5.38. The third-order valence-electron chi connectivity index (χ3n) is 4.26. The second-order valence-corrected chi connectivity index (χ2v) is 5.76. The first kappa shape index (κ1) is 13.8. The zero-order valence-corrected chi connectivity index (χ0v) is 11.7.